The van der Waals surface area contributed by atoms with E-state index in [1.54, 1.807) is 7.11 Å². The molecule has 0 bridgehead atoms. The highest BCUT2D eigenvalue weighted by Gasteiger charge is 2.46. The highest BCUT2D eigenvalue weighted by atomic mass is 35.5. The molecule has 0 N–H and O–H groups in total. The van der Waals surface area contributed by atoms with Gasteiger partial charge in [-0.25, -0.2) is 4.98 Å². The van der Waals surface area contributed by atoms with E-state index >= 15 is 0 Å². The van der Waals surface area contributed by atoms with Gasteiger partial charge in [-0.05, 0) is 49.4 Å². The van der Waals surface area contributed by atoms with E-state index in [-0.39, 0.29) is 24.8 Å². The number of thiazole rings is 1. The fraction of sp³-hybridized carbons (Fsp3) is 0.591. The summed E-state index contributed by atoms with van der Waals surface area (Å²) in [6.07, 6.45) is 4.73. The summed E-state index contributed by atoms with van der Waals surface area (Å²) < 4.78 is 5.34. The number of fused-ring (bicyclic) bond motifs is 1. The zero-order valence-corrected chi connectivity index (χ0v) is 20.1. The number of hydrogen-bond acceptors (Lipinski definition) is 6. The lowest BCUT2D eigenvalue weighted by molar-refractivity contribution is 0.225. The normalized spacial score (nSPS) is 26.3. The summed E-state index contributed by atoms with van der Waals surface area (Å²) in [6, 6.07) is 9.20. The number of halogens is 2. The smallest absolute Gasteiger partial charge is 0.185 e. The highest BCUT2D eigenvalue weighted by Crippen LogP contribution is 2.44. The van der Waals surface area contributed by atoms with Crippen molar-refractivity contribution >= 4 is 41.3 Å². The molecule has 3 aliphatic heterocycles. The molecule has 3 atom stereocenters. The quantitative estimate of drug-likeness (QED) is 0.648. The van der Waals surface area contributed by atoms with Crippen molar-refractivity contribution in [3.05, 3.63) is 40.9 Å². The molecule has 0 aliphatic carbocycles. The SMILES string of the molecule is COc1ccc([C@@H]2[C@@H]3CN(Cc4cnc(N5CCCC5)s4)C[C@@H]3CN2C)cc1.Cl.Cl. The molecule has 1 aromatic heterocycles. The predicted octanol–water partition coefficient (Wildman–Crippen LogP) is 4.33. The minimum atomic E-state index is 0. The molecule has 0 saturated carbocycles. The number of methoxy groups -OCH3 is 1. The topological polar surface area (TPSA) is 31.8 Å². The Bertz CT molecular complexity index is 812. The summed E-state index contributed by atoms with van der Waals surface area (Å²) in [5.74, 6) is 2.42. The van der Waals surface area contributed by atoms with Gasteiger partial charge in [0.2, 0.25) is 0 Å². The van der Waals surface area contributed by atoms with Crippen LogP contribution in [0.5, 0.6) is 5.75 Å². The maximum atomic E-state index is 5.34. The van der Waals surface area contributed by atoms with Gasteiger partial charge >= 0.3 is 0 Å². The van der Waals surface area contributed by atoms with Crippen molar-refractivity contribution in [1.29, 1.82) is 0 Å². The molecule has 8 heteroatoms. The van der Waals surface area contributed by atoms with Crippen LogP contribution in [0.15, 0.2) is 30.5 Å². The van der Waals surface area contributed by atoms with Gasteiger partial charge in [-0.1, -0.05) is 12.1 Å². The second-order valence-corrected chi connectivity index (χ2v) is 9.67. The molecule has 3 saturated heterocycles. The third-order valence-electron chi connectivity index (χ3n) is 6.72. The van der Waals surface area contributed by atoms with E-state index in [0.717, 1.165) is 18.2 Å². The Labute approximate surface area is 196 Å². The number of aromatic nitrogens is 1. The molecular weight excluding hydrogens is 439 g/mol. The average Bonchev–Trinajstić information content (AvgIpc) is 3.46. The molecule has 2 aromatic rings. The molecule has 0 radical (unpaired) electrons. The molecule has 4 heterocycles. The van der Waals surface area contributed by atoms with Crippen LogP contribution >= 0.6 is 36.2 Å². The lowest BCUT2D eigenvalue weighted by Gasteiger charge is -2.26. The van der Waals surface area contributed by atoms with E-state index < -0.39 is 0 Å². The van der Waals surface area contributed by atoms with E-state index in [2.05, 4.69) is 52.2 Å². The van der Waals surface area contributed by atoms with E-state index in [9.17, 15) is 0 Å². The second-order valence-electron chi connectivity index (χ2n) is 8.58. The van der Waals surface area contributed by atoms with Gasteiger partial charge in [0, 0.05) is 56.4 Å². The van der Waals surface area contributed by atoms with Crippen molar-refractivity contribution in [1.82, 2.24) is 14.8 Å². The minimum Gasteiger partial charge on any atom is -0.497 e. The van der Waals surface area contributed by atoms with Gasteiger partial charge in [0.25, 0.3) is 0 Å². The first-order valence-corrected chi connectivity index (χ1v) is 11.3. The first-order chi connectivity index (χ1) is 13.7. The number of benzene rings is 1. The van der Waals surface area contributed by atoms with Crippen LogP contribution in [0.2, 0.25) is 0 Å². The largest absolute Gasteiger partial charge is 0.497 e. The van der Waals surface area contributed by atoms with Crippen LogP contribution < -0.4 is 9.64 Å². The Hall–Kier alpha value is -1.05. The monoisotopic (exact) mass is 470 g/mol. The van der Waals surface area contributed by atoms with E-state index in [0.29, 0.717) is 12.0 Å². The summed E-state index contributed by atoms with van der Waals surface area (Å²) in [4.78, 5) is 13.8. The molecule has 3 fully saturated rings. The number of anilines is 1. The zero-order chi connectivity index (χ0) is 19.1. The maximum Gasteiger partial charge on any atom is 0.185 e. The van der Waals surface area contributed by atoms with Crippen molar-refractivity contribution in [2.75, 3.05) is 51.8 Å². The highest BCUT2D eigenvalue weighted by molar-refractivity contribution is 7.15. The molecule has 0 amide bonds. The summed E-state index contributed by atoms with van der Waals surface area (Å²) in [5.41, 5.74) is 1.42. The van der Waals surface area contributed by atoms with Gasteiger partial charge in [0.1, 0.15) is 5.75 Å². The molecule has 0 unspecified atom stereocenters. The van der Waals surface area contributed by atoms with Gasteiger partial charge in [0.05, 0.1) is 7.11 Å². The number of rotatable bonds is 5. The van der Waals surface area contributed by atoms with Gasteiger partial charge in [-0.3, -0.25) is 9.80 Å². The Morgan fingerprint density at radius 3 is 2.50 bits per heavy atom. The Kier molecular flexibility index (Phi) is 7.91. The summed E-state index contributed by atoms with van der Waals surface area (Å²) in [6.45, 7) is 6.99. The fourth-order valence-electron chi connectivity index (χ4n) is 5.43. The van der Waals surface area contributed by atoms with Gasteiger partial charge in [-0.2, -0.15) is 0 Å². The van der Waals surface area contributed by atoms with Crippen molar-refractivity contribution in [2.24, 2.45) is 11.8 Å². The lowest BCUT2D eigenvalue weighted by Crippen LogP contribution is -2.28. The molecule has 5 nitrogen and oxygen atoms in total. The minimum absolute atomic E-state index is 0. The fourth-order valence-corrected chi connectivity index (χ4v) is 6.43. The predicted molar refractivity (Wildman–Crippen MR) is 129 cm³/mol. The first-order valence-electron chi connectivity index (χ1n) is 10.5. The van der Waals surface area contributed by atoms with Crippen LogP contribution in [0, 0.1) is 11.8 Å². The third kappa shape index (κ3) is 4.58. The summed E-state index contributed by atoms with van der Waals surface area (Å²) >= 11 is 1.90. The summed E-state index contributed by atoms with van der Waals surface area (Å²) in [5, 5.41) is 1.22. The van der Waals surface area contributed by atoms with Crippen LogP contribution in [0.3, 0.4) is 0 Å². The summed E-state index contributed by atoms with van der Waals surface area (Å²) in [7, 11) is 4.01. The number of ether oxygens (including phenoxy) is 1. The molecule has 0 spiro atoms. The average molecular weight is 471 g/mol. The molecular formula is C22H32Cl2N4OS. The third-order valence-corrected chi connectivity index (χ3v) is 7.77. The maximum absolute atomic E-state index is 5.34. The van der Waals surface area contributed by atoms with Crippen LogP contribution in [0.1, 0.15) is 29.3 Å². The second kappa shape index (κ2) is 10.0. The van der Waals surface area contributed by atoms with Gasteiger partial charge in [-0.15, -0.1) is 36.2 Å². The van der Waals surface area contributed by atoms with Crippen molar-refractivity contribution in [3.8, 4) is 5.75 Å². The number of nitrogens with zero attached hydrogens (tertiary/aromatic N) is 4. The van der Waals surface area contributed by atoms with E-state index in [1.807, 2.05) is 11.3 Å². The van der Waals surface area contributed by atoms with Crippen molar-refractivity contribution in [2.45, 2.75) is 25.4 Å². The van der Waals surface area contributed by atoms with E-state index in [4.69, 9.17) is 9.72 Å². The van der Waals surface area contributed by atoms with Crippen LogP contribution in [-0.4, -0.2) is 61.7 Å². The molecule has 30 heavy (non-hydrogen) atoms. The van der Waals surface area contributed by atoms with Crippen molar-refractivity contribution in [3.63, 3.8) is 0 Å². The van der Waals surface area contributed by atoms with E-state index in [1.165, 1.54) is 61.1 Å². The molecule has 5 rings (SSSR count). The Morgan fingerprint density at radius 2 is 1.80 bits per heavy atom. The standard InChI is InChI=1S/C22H30N4OS.2ClH/c1-24-12-17-13-25(14-19-11-23-22(28-19)26-9-3-4-10-26)15-20(17)21(24)16-5-7-18(27-2)8-6-16;;/h5-8,11,17,20-21H,3-4,9-10,12-15H2,1-2H3;2*1H/t17-,20+,21+;;/m0../s1. The van der Waals surface area contributed by atoms with Crippen LogP contribution in [0.25, 0.3) is 0 Å². The van der Waals surface area contributed by atoms with Crippen molar-refractivity contribution < 1.29 is 4.74 Å². The molecule has 3 aliphatic rings. The van der Waals surface area contributed by atoms with Crippen LogP contribution in [-0.2, 0) is 6.54 Å². The van der Waals surface area contributed by atoms with Gasteiger partial charge < -0.3 is 9.64 Å². The van der Waals surface area contributed by atoms with Crippen LogP contribution in [0.4, 0.5) is 5.13 Å². The molecule has 1 aromatic carbocycles. The first kappa shape index (κ1) is 23.6. The Morgan fingerprint density at radius 1 is 1.07 bits per heavy atom. The number of hydrogen-bond donors (Lipinski definition) is 0. The lowest BCUT2D eigenvalue weighted by atomic mass is 9.89. The molecule has 166 valence electrons. The zero-order valence-electron chi connectivity index (χ0n) is 17.7. The Balaban J connectivity index is 0.00000128. The van der Waals surface area contributed by atoms with Gasteiger partial charge in [0.15, 0.2) is 5.13 Å². The number of likely N-dealkylation sites (tertiary alicyclic amines) is 2.